The zero-order chi connectivity index (χ0) is 41.8. The van der Waals surface area contributed by atoms with Gasteiger partial charge in [0.25, 0.3) is 0 Å². The first kappa shape index (κ1) is 35.4. The molecule has 0 heterocycles. The van der Waals surface area contributed by atoms with Gasteiger partial charge in [0, 0.05) is 23.6 Å². The molecule has 0 saturated carbocycles. The number of phenols is 2. The first-order valence-corrected chi connectivity index (χ1v) is 21.3. The van der Waals surface area contributed by atoms with E-state index in [9.17, 15) is 10.2 Å². The van der Waals surface area contributed by atoms with Crippen molar-refractivity contribution in [2.45, 2.75) is 5.41 Å². The van der Waals surface area contributed by atoms with Crippen molar-refractivity contribution in [1.29, 1.82) is 0 Å². The Labute approximate surface area is 362 Å². The predicted octanol–water partition coefficient (Wildman–Crippen LogP) is 14.8. The molecule has 4 nitrogen and oxygen atoms in total. The quantitative estimate of drug-likeness (QED) is 0.130. The highest BCUT2D eigenvalue weighted by Gasteiger charge is 2.46. The Hall–Kier alpha value is -8.34. The number of phenolic OH excluding ortho intramolecular Hbond substituents is 2. The highest BCUT2D eigenvalue weighted by molar-refractivity contribution is 6.27. The number of aromatic hydroxyl groups is 2. The van der Waals surface area contributed by atoms with Gasteiger partial charge in [0.05, 0.1) is 5.41 Å². The van der Waals surface area contributed by atoms with E-state index in [1.807, 2.05) is 36.7 Å². The first-order chi connectivity index (χ1) is 31.0. The van der Waals surface area contributed by atoms with Crippen LogP contribution < -0.4 is 0 Å². The Morgan fingerprint density at radius 3 is 1.40 bits per heavy atom. The van der Waals surface area contributed by atoms with Crippen molar-refractivity contribution < 1.29 is 10.2 Å². The molecular weight excluding hydrogens is 769 g/mol. The highest BCUT2D eigenvalue weighted by Crippen LogP contribution is 2.57. The van der Waals surface area contributed by atoms with E-state index in [0.29, 0.717) is 11.4 Å². The van der Waals surface area contributed by atoms with Crippen LogP contribution in [0.3, 0.4) is 0 Å². The van der Waals surface area contributed by atoms with Crippen LogP contribution in [-0.2, 0) is 5.41 Å². The van der Waals surface area contributed by atoms with Gasteiger partial charge >= 0.3 is 0 Å². The maximum absolute atomic E-state index is 11.5. The highest BCUT2D eigenvalue weighted by atomic mass is 16.3. The maximum Gasteiger partial charge on any atom is 0.141 e. The van der Waals surface area contributed by atoms with Crippen molar-refractivity contribution in [2.24, 2.45) is 9.98 Å². The second-order valence-electron chi connectivity index (χ2n) is 16.8. The van der Waals surface area contributed by atoms with Gasteiger partial charge in [-0.1, -0.05) is 164 Å². The summed E-state index contributed by atoms with van der Waals surface area (Å²) in [5.41, 5.74) is 8.39. The summed E-state index contributed by atoms with van der Waals surface area (Å²) in [4.78, 5) is 10.1. The van der Waals surface area contributed by atoms with E-state index in [0.717, 1.165) is 60.7 Å². The molecule has 0 saturated heterocycles. The Kier molecular flexibility index (Phi) is 7.49. The van der Waals surface area contributed by atoms with Crippen molar-refractivity contribution in [3.05, 3.63) is 228 Å². The van der Waals surface area contributed by atoms with Gasteiger partial charge in [-0.2, -0.15) is 0 Å². The van der Waals surface area contributed by atoms with Crippen molar-refractivity contribution in [2.75, 3.05) is 0 Å². The number of aliphatic imine (C=N–C) groups is 2. The SMILES string of the molecule is Oc1ccc(C2(c3ccc(O)c(/N=C/c4cc5cccc6ccc7cccc4c7c65)c3)c3ccccc3-c3ccccc32)cc1/N=C/c1ccc2ccc3cccc4ccc1c2c34. The largest absolute Gasteiger partial charge is 0.506 e. The summed E-state index contributed by atoms with van der Waals surface area (Å²) in [6.07, 6.45) is 3.76. The summed E-state index contributed by atoms with van der Waals surface area (Å²) < 4.78 is 0. The Bertz CT molecular complexity index is 3840. The minimum Gasteiger partial charge on any atom is -0.506 e. The molecule has 294 valence electrons. The fourth-order valence-corrected chi connectivity index (χ4v) is 10.8. The Morgan fingerprint density at radius 2 is 0.794 bits per heavy atom. The molecule has 1 aliphatic carbocycles. The molecule has 0 amide bonds. The lowest BCUT2D eigenvalue weighted by Gasteiger charge is -2.34. The number of benzene rings is 12. The molecule has 12 aromatic rings. The summed E-state index contributed by atoms with van der Waals surface area (Å²) in [5, 5.41) is 37.4. The Morgan fingerprint density at radius 1 is 0.349 bits per heavy atom. The van der Waals surface area contributed by atoms with Crippen LogP contribution in [0.4, 0.5) is 11.4 Å². The van der Waals surface area contributed by atoms with E-state index in [4.69, 9.17) is 9.98 Å². The zero-order valence-electron chi connectivity index (χ0n) is 33.9. The standard InChI is InChI=1S/C59H36N2O2/c62-53-28-25-43(31-51(53)60-33-41-23-22-39-21-19-35-8-5-9-37-24-27-46(41)58(39)55(35)37)59(49-16-3-1-13-47(49)48-14-2-4-17-50(48)59)44-26-29-54(63)52(32-44)61-34-42-30-40-12-6-10-36-18-20-38-11-7-15-45(42)57(38)56(36)40/h1-34,62-63H/b60-33+,61-34+. The van der Waals surface area contributed by atoms with Crippen LogP contribution in [0, 0.1) is 0 Å². The molecule has 0 aliphatic heterocycles. The normalized spacial score (nSPS) is 13.5. The van der Waals surface area contributed by atoms with Crippen LogP contribution in [0.1, 0.15) is 33.4 Å². The number of hydrogen-bond acceptors (Lipinski definition) is 4. The topological polar surface area (TPSA) is 65.2 Å². The van der Waals surface area contributed by atoms with Gasteiger partial charge < -0.3 is 10.2 Å². The number of hydrogen-bond donors (Lipinski definition) is 2. The smallest absolute Gasteiger partial charge is 0.141 e. The van der Waals surface area contributed by atoms with E-state index in [1.54, 1.807) is 12.1 Å². The minimum atomic E-state index is -0.833. The lowest BCUT2D eigenvalue weighted by molar-refractivity contribution is 0.476. The molecule has 0 unspecified atom stereocenters. The minimum absolute atomic E-state index is 0.0890. The van der Waals surface area contributed by atoms with Gasteiger partial charge in [-0.15, -0.1) is 0 Å². The van der Waals surface area contributed by atoms with E-state index in [1.165, 1.54) is 48.5 Å². The van der Waals surface area contributed by atoms with E-state index < -0.39 is 5.41 Å². The van der Waals surface area contributed by atoms with Crippen LogP contribution in [0.15, 0.2) is 204 Å². The molecule has 63 heavy (non-hydrogen) atoms. The summed E-state index contributed by atoms with van der Waals surface area (Å²) in [5.74, 6) is 0.178. The lowest BCUT2D eigenvalue weighted by atomic mass is 9.67. The van der Waals surface area contributed by atoms with E-state index in [2.05, 4.69) is 158 Å². The molecule has 0 aromatic heterocycles. The molecule has 2 N–H and O–H groups in total. The third-order valence-electron chi connectivity index (χ3n) is 13.6. The molecule has 0 fully saturated rings. The van der Waals surface area contributed by atoms with Gasteiger partial charge in [-0.25, -0.2) is 0 Å². The van der Waals surface area contributed by atoms with Gasteiger partial charge in [0.2, 0.25) is 0 Å². The van der Waals surface area contributed by atoms with Gasteiger partial charge in [0.15, 0.2) is 0 Å². The van der Waals surface area contributed by atoms with Crippen LogP contribution >= 0.6 is 0 Å². The maximum atomic E-state index is 11.5. The third kappa shape index (κ3) is 5.09. The number of nitrogens with zero attached hydrogens (tertiary/aromatic N) is 2. The first-order valence-electron chi connectivity index (χ1n) is 21.3. The summed E-state index contributed by atoms with van der Waals surface area (Å²) in [7, 11) is 0. The molecule has 0 atom stereocenters. The lowest BCUT2D eigenvalue weighted by Crippen LogP contribution is -2.28. The second-order valence-corrected chi connectivity index (χ2v) is 16.8. The Balaban J connectivity index is 0.980. The van der Waals surface area contributed by atoms with Crippen LogP contribution in [0.5, 0.6) is 11.5 Å². The monoisotopic (exact) mass is 804 g/mol. The molecule has 0 radical (unpaired) electrons. The molecule has 13 rings (SSSR count). The van der Waals surface area contributed by atoms with Crippen molar-refractivity contribution >= 4 is 88.4 Å². The molecule has 12 aromatic carbocycles. The molecular formula is C59H36N2O2. The second kappa shape index (κ2) is 13.3. The summed E-state index contributed by atoms with van der Waals surface area (Å²) in [6, 6.07) is 67.5. The zero-order valence-corrected chi connectivity index (χ0v) is 33.9. The van der Waals surface area contributed by atoms with Gasteiger partial charge in [-0.05, 0) is 128 Å². The van der Waals surface area contributed by atoms with E-state index in [-0.39, 0.29) is 11.5 Å². The van der Waals surface area contributed by atoms with Gasteiger partial charge in [0.1, 0.15) is 22.9 Å². The summed E-state index contributed by atoms with van der Waals surface area (Å²) in [6.45, 7) is 0. The predicted molar refractivity (Wildman–Crippen MR) is 262 cm³/mol. The summed E-state index contributed by atoms with van der Waals surface area (Å²) >= 11 is 0. The average Bonchev–Trinajstić information content (AvgIpc) is 3.63. The third-order valence-corrected chi connectivity index (χ3v) is 13.6. The molecule has 1 aliphatic rings. The van der Waals surface area contributed by atoms with Crippen molar-refractivity contribution in [1.82, 2.24) is 0 Å². The average molecular weight is 805 g/mol. The fraction of sp³-hybridized carbons (Fsp3) is 0.0169. The number of rotatable bonds is 6. The van der Waals surface area contributed by atoms with Crippen molar-refractivity contribution in [3.8, 4) is 22.6 Å². The van der Waals surface area contributed by atoms with E-state index >= 15 is 0 Å². The molecule has 0 bridgehead atoms. The van der Waals surface area contributed by atoms with Gasteiger partial charge in [-0.3, -0.25) is 9.98 Å². The molecule has 0 spiro atoms. The van der Waals surface area contributed by atoms with Crippen LogP contribution in [0.2, 0.25) is 0 Å². The van der Waals surface area contributed by atoms with Crippen LogP contribution in [0.25, 0.3) is 75.8 Å². The molecule has 4 heteroatoms. The van der Waals surface area contributed by atoms with Crippen LogP contribution in [-0.4, -0.2) is 22.6 Å². The number of fused-ring (bicyclic) bond motifs is 3. The fourth-order valence-electron chi connectivity index (χ4n) is 10.8. The van der Waals surface area contributed by atoms with Crippen molar-refractivity contribution in [3.63, 3.8) is 0 Å².